The van der Waals surface area contributed by atoms with E-state index >= 15 is 0 Å². The van der Waals surface area contributed by atoms with Crippen molar-refractivity contribution in [3.63, 3.8) is 0 Å². The molecule has 0 heterocycles. The summed E-state index contributed by atoms with van der Waals surface area (Å²) in [5.41, 5.74) is 11.4. The monoisotopic (exact) mass is 397 g/mol. The molecule has 0 atom stereocenters. The van der Waals surface area contributed by atoms with Gasteiger partial charge < -0.3 is 4.90 Å². The Kier molecular flexibility index (Phi) is 3.97. The fourth-order valence-corrected chi connectivity index (χ4v) is 4.80. The number of anilines is 3. The quantitative estimate of drug-likeness (QED) is 0.289. The van der Waals surface area contributed by atoms with Gasteiger partial charge in [-0.2, -0.15) is 0 Å². The van der Waals surface area contributed by atoms with E-state index in [2.05, 4.69) is 122 Å². The van der Waals surface area contributed by atoms with E-state index in [0.717, 1.165) is 0 Å². The number of rotatable bonds is 3. The van der Waals surface area contributed by atoms with Gasteiger partial charge in [0.05, 0.1) is 5.69 Å². The van der Waals surface area contributed by atoms with Crippen LogP contribution in [-0.4, -0.2) is 0 Å². The SMILES string of the molecule is Cc1ccc(N(c2ccc(C)cc2)c2ccc3c4c(cccc24)-c2ccccc2-3)cc1. The Morgan fingerprint density at radius 1 is 0.452 bits per heavy atom. The van der Waals surface area contributed by atoms with Crippen LogP contribution in [0.25, 0.3) is 33.0 Å². The molecule has 0 bridgehead atoms. The van der Waals surface area contributed by atoms with Crippen molar-refractivity contribution < 1.29 is 0 Å². The molecule has 148 valence electrons. The van der Waals surface area contributed by atoms with E-state index in [0.29, 0.717) is 0 Å². The number of fused-ring (bicyclic) bond motifs is 3. The van der Waals surface area contributed by atoms with E-state index in [4.69, 9.17) is 0 Å². The van der Waals surface area contributed by atoms with Crippen LogP contribution in [0.3, 0.4) is 0 Å². The third-order valence-electron chi connectivity index (χ3n) is 6.35. The third kappa shape index (κ3) is 2.78. The summed E-state index contributed by atoms with van der Waals surface area (Å²) in [6, 6.07) is 37.6. The molecule has 0 fully saturated rings. The average molecular weight is 398 g/mol. The summed E-state index contributed by atoms with van der Waals surface area (Å²) in [4.78, 5) is 2.38. The lowest BCUT2D eigenvalue weighted by Gasteiger charge is -2.27. The first-order valence-electron chi connectivity index (χ1n) is 10.8. The molecule has 0 aliphatic heterocycles. The Morgan fingerprint density at radius 2 is 0.968 bits per heavy atom. The molecule has 6 rings (SSSR count). The maximum absolute atomic E-state index is 2.38. The summed E-state index contributed by atoms with van der Waals surface area (Å²) in [7, 11) is 0. The molecule has 5 aromatic rings. The van der Waals surface area contributed by atoms with Gasteiger partial charge in [-0.1, -0.05) is 83.9 Å². The molecule has 0 unspecified atom stereocenters. The minimum Gasteiger partial charge on any atom is -0.310 e. The number of nitrogens with zero attached hydrogens (tertiary/aromatic N) is 1. The Bertz CT molecular complexity index is 1350. The summed E-state index contributed by atoms with van der Waals surface area (Å²) in [6.45, 7) is 4.27. The van der Waals surface area contributed by atoms with Gasteiger partial charge in [0.2, 0.25) is 0 Å². The molecule has 0 N–H and O–H groups in total. The van der Waals surface area contributed by atoms with Gasteiger partial charge in [0.25, 0.3) is 0 Å². The molecule has 1 nitrogen and oxygen atoms in total. The van der Waals surface area contributed by atoms with Gasteiger partial charge in [-0.15, -0.1) is 0 Å². The van der Waals surface area contributed by atoms with Crippen LogP contribution >= 0.6 is 0 Å². The zero-order chi connectivity index (χ0) is 20.9. The van der Waals surface area contributed by atoms with Gasteiger partial charge in [0.15, 0.2) is 0 Å². The predicted octanol–water partition coefficient (Wildman–Crippen LogP) is 8.57. The number of benzene rings is 5. The van der Waals surface area contributed by atoms with Crippen molar-refractivity contribution in [2.24, 2.45) is 0 Å². The molecule has 31 heavy (non-hydrogen) atoms. The minimum absolute atomic E-state index is 1.17. The van der Waals surface area contributed by atoms with Crippen LogP contribution in [-0.2, 0) is 0 Å². The highest BCUT2D eigenvalue weighted by molar-refractivity contribution is 6.19. The van der Waals surface area contributed by atoms with Gasteiger partial charge in [0, 0.05) is 16.8 Å². The summed E-state index contributed by atoms with van der Waals surface area (Å²) >= 11 is 0. The first kappa shape index (κ1) is 18.0. The lowest BCUT2D eigenvalue weighted by molar-refractivity contribution is 1.28. The van der Waals surface area contributed by atoms with Gasteiger partial charge in [-0.3, -0.25) is 0 Å². The molecule has 0 saturated carbocycles. The van der Waals surface area contributed by atoms with E-state index in [1.165, 1.54) is 61.2 Å². The number of hydrogen-bond acceptors (Lipinski definition) is 1. The Hall–Kier alpha value is -3.84. The standard InChI is InChI=1S/C30H23N/c1-20-10-14-22(15-11-20)31(23-16-12-21(2)13-17-23)29-19-18-27-25-7-4-3-6-24(25)26-8-5-9-28(29)30(26)27/h3-19H,1-2H3. The van der Waals surface area contributed by atoms with Crippen molar-refractivity contribution in [1.82, 2.24) is 0 Å². The van der Waals surface area contributed by atoms with Crippen LogP contribution in [0.5, 0.6) is 0 Å². The van der Waals surface area contributed by atoms with Crippen LogP contribution in [0.15, 0.2) is 103 Å². The first-order chi connectivity index (χ1) is 15.2. The highest BCUT2D eigenvalue weighted by atomic mass is 15.1. The van der Waals surface area contributed by atoms with Gasteiger partial charge >= 0.3 is 0 Å². The van der Waals surface area contributed by atoms with Gasteiger partial charge in [-0.25, -0.2) is 0 Å². The highest BCUT2D eigenvalue weighted by Gasteiger charge is 2.24. The maximum Gasteiger partial charge on any atom is 0.0540 e. The molecule has 0 spiro atoms. The first-order valence-corrected chi connectivity index (χ1v) is 10.8. The molecular formula is C30H23N. The fourth-order valence-electron chi connectivity index (χ4n) is 4.80. The highest BCUT2D eigenvalue weighted by Crippen LogP contribution is 2.50. The second-order valence-electron chi connectivity index (χ2n) is 8.41. The topological polar surface area (TPSA) is 3.24 Å². The zero-order valence-corrected chi connectivity index (χ0v) is 17.8. The molecule has 0 aromatic heterocycles. The lowest BCUT2D eigenvalue weighted by Crippen LogP contribution is -2.10. The van der Waals surface area contributed by atoms with Crippen molar-refractivity contribution in [3.8, 4) is 22.3 Å². The minimum atomic E-state index is 1.17. The second-order valence-corrected chi connectivity index (χ2v) is 8.41. The molecule has 0 amide bonds. The summed E-state index contributed by atoms with van der Waals surface area (Å²) in [5, 5.41) is 2.64. The van der Waals surface area contributed by atoms with E-state index in [9.17, 15) is 0 Å². The molecule has 0 radical (unpaired) electrons. The number of aryl methyl sites for hydroxylation is 2. The third-order valence-corrected chi connectivity index (χ3v) is 6.35. The normalized spacial score (nSPS) is 11.5. The largest absolute Gasteiger partial charge is 0.310 e. The summed E-state index contributed by atoms with van der Waals surface area (Å²) in [6.07, 6.45) is 0. The zero-order valence-electron chi connectivity index (χ0n) is 17.8. The molecular weight excluding hydrogens is 374 g/mol. The smallest absolute Gasteiger partial charge is 0.0540 e. The molecule has 1 aliphatic rings. The lowest BCUT2D eigenvalue weighted by atomic mass is 10.00. The number of hydrogen-bond donors (Lipinski definition) is 0. The molecule has 1 aliphatic carbocycles. The van der Waals surface area contributed by atoms with Crippen LogP contribution in [0.2, 0.25) is 0 Å². The van der Waals surface area contributed by atoms with Crippen molar-refractivity contribution in [2.45, 2.75) is 13.8 Å². The molecule has 0 saturated heterocycles. The predicted molar refractivity (Wildman–Crippen MR) is 133 cm³/mol. The van der Waals surface area contributed by atoms with E-state index < -0.39 is 0 Å². The van der Waals surface area contributed by atoms with Crippen molar-refractivity contribution in [1.29, 1.82) is 0 Å². The van der Waals surface area contributed by atoms with Crippen molar-refractivity contribution in [3.05, 3.63) is 114 Å². The van der Waals surface area contributed by atoms with Crippen LogP contribution in [0.1, 0.15) is 11.1 Å². The van der Waals surface area contributed by atoms with E-state index in [-0.39, 0.29) is 0 Å². The van der Waals surface area contributed by atoms with Gasteiger partial charge in [-0.05, 0) is 71.8 Å². The Morgan fingerprint density at radius 3 is 1.55 bits per heavy atom. The van der Waals surface area contributed by atoms with Gasteiger partial charge in [0.1, 0.15) is 0 Å². The molecule has 1 heteroatoms. The Balaban J connectivity index is 1.64. The van der Waals surface area contributed by atoms with Crippen molar-refractivity contribution >= 4 is 27.8 Å². The summed E-state index contributed by atoms with van der Waals surface area (Å²) < 4.78 is 0. The second kappa shape index (κ2) is 6.85. The summed E-state index contributed by atoms with van der Waals surface area (Å²) in [5.74, 6) is 0. The average Bonchev–Trinajstić information content (AvgIpc) is 3.13. The molecule has 5 aromatic carbocycles. The van der Waals surface area contributed by atoms with Crippen LogP contribution < -0.4 is 4.90 Å². The van der Waals surface area contributed by atoms with E-state index in [1.807, 2.05) is 0 Å². The maximum atomic E-state index is 2.38. The van der Waals surface area contributed by atoms with Crippen LogP contribution in [0, 0.1) is 13.8 Å². The Labute approximate surface area is 183 Å². The van der Waals surface area contributed by atoms with Crippen LogP contribution in [0.4, 0.5) is 17.1 Å². The fraction of sp³-hybridized carbons (Fsp3) is 0.0667. The van der Waals surface area contributed by atoms with Crippen molar-refractivity contribution in [2.75, 3.05) is 4.90 Å². The van der Waals surface area contributed by atoms with E-state index in [1.54, 1.807) is 0 Å².